The van der Waals surface area contributed by atoms with Crippen LogP contribution in [-0.4, -0.2) is 12.6 Å². The van der Waals surface area contributed by atoms with Crippen molar-refractivity contribution in [3.63, 3.8) is 0 Å². The summed E-state index contributed by atoms with van der Waals surface area (Å²) in [6, 6.07) is 7.99. The number of carbonyl (C=O) groups excluding carboxylic acids is 1. The van der Waals surface area contributed by atoms with Crippen LogP contribution < -0.4 is 0 Å². The highest BCUT2D eigenvalue weighted by Crippen LogP contribution is 2.16. The first-order valence-electron chi connectivity index (χ1n) is 5.79. The number of aryl methyl sites for hydroxylation is 1. The van der Waals surface area contributed by atoms with Gasteiger partial charge in [0.2, 0.25) is 0 Å². The van der Waals surface area contributed by atoms with Crippen molar-refractivity contribution in [1.29, 1.82) is 5.26 Å². The van der Waals surface area contributed by atoms with E-state index in [-0.39, 0.29) is 5.97 Å². The first kappa shape index (κ1) is 13.2. The van der Waals surface area contributed by atoms with Crippen molar-refractivity contribution in [2.24, 2.45) is 0 Å². The highest BCUT2D eigenvalue weighted by Gasteiger charge is 2.08. The third kappa shape index (κ3) is 3.92. The monoisotopic (exact) mass is 231 g/mol. The molecule has 0 aliphatic heterocycles. The van der Waals surface area contributed by atoms with Crippen LogP contribution in [0.5, 0.6) is 0 Å². The predicted octanol–water partition coefficient (Wildman–Crippen LogP) is 2.56. The molecule has 0 bridgehead atoms. The summed E-state index contributed by atoms with van der Waals surface area (Å²) < 4.78 is 4.93. The number of nitrogens with zero attached hydrogens (tertiary/aromatic N) is 1. The Bertz CT molecular complexity index is 432. The number of carbonyl (C=O) groups is 1. The largest absolute Gasteiger partial charge is 0.466 e. The van der Waals surface area contributed by atoms with Crippen molar-refractivity contribution >= 4 is 5.97 Å². The number of benzene rings is 1. The molecule has 17 heavy (non-hydrogen) atoms. The Hall–Kier alpha value is -1.82. The van der Waals surface area contributed by atoms with Crippen molar-refractivity contribution < 1.29 is 9.53 Å². The topological polar surface area (TPSA) is 50.1 Å². The van der Waals surface area contributed by atoms with Gasteiger partial charge in [-0.25, -0.2) is 0 Å². The number of hydrogen-bond donors (Lipinski definition) is 0. The van der Waals surface area contributed by atoms with Crippen LogP contribution in [0, 0.1) is 18.3 Å². The van der Waals surface area contributed by atoms with Gasteiger partial charge >= 0.3 is 5.97 Å². The molecule has 0 atom stereocenters. The molecule has 0 heterocycles. The summed E-state index contributed by atoms with van der Waals surface area (Å²) in [6.07, 6.45) is 1.54. The summed E-state index contributed by atoms with van der Waals surface area (Å²) in [4.78, 5) is 11.4. The molecule has 3 nitrogen and oxygen atoms in total. The van der Waals surface area contributed by atoms with Crippen LogP contribution in [-0.2, 0) is 22.4 Å². The molecule has 90 valence electrons. The molecule has 1 rings (SSSR count). The van der Waals surface area contributed by atoms with Crippen LogP contribution in [0.2, 0.25) is 0 Å². The average Bonchev–Trinajstić information content (AvgIpc) is 2.30. The van der Waals surface area contributed by atoms with Crippen LogP contribution in [0.3, 0.4) is 0 Å². The van der Waals surface area contributed by atoms with Crippen molar-refractivity contribution in [2.45, 2.75) is 33.1 Å². The maximum Gasteiger partial charge on any atom is 0.310 e. The van der Waals surface area contributed by atoms with E-state index in [4.69, 9.17) is 10.00 Å². The highest BCUT2D eigenvalue weighted by molar-refractivity contribution is 5.73. The maximum absolute atomic E-state index is 11.4. The van der Waals surface area contributed by atoms with E-state index in [1.807, 2.05) is 25.1 Å². The van der Waals surface area contributed by atoms with Gasteiger partial charge in [0.15, 0.2) is 0 Å². The molecule has 0 N–H and O–H groups in total. The molecule has 0 saturated heterocycles. The van der Waals surface area contributed by atoms with E-state index in [9.17, 15) is 4.79 Å². The van der Waals surface area contributed by atoms with Gasteiger partial charge in [-0.2, -0.15) is 5.26 Å². The van der Waals surface area contributed by atoms with Gasteiger partial charge in [0.25, 0.3) is 0 Å². The van der Waals surface area contributed by atoms with Gasteiger partial charge in [0.1, 0.15) is 0 Å². The van der Waals surface area contributed by atoms with Crippen LogP contribution >= 0.6 is 0 Å². The van der Waals surface area contributed by atoms with Crippen LogP contribution in [0.15, 0.2) is 18.2 Å². The Kier molecular flexibility index (Phi) is 5.22. The zero-order chi connectivity index (χ0) is 12.7. The molecule has 0 aliphatic carbocycles. The number of nitriles is 1. The fourth-order valence-corrected chi connectivity index (χ4v) is 1.76. The second-order valence-electron chi connectivity index (χ2n) is 3.84. The molecular weight excluding hydrogens is 214 g/mol. The molecule has 0 aromatic heterocycles. The SMILES string of the molecule is CCOC(=O)Cc1cccc(CCC#N)c1C. The molecule has 1 aromatic rings. The molecule has 0 saturated carbocycles. The molecule has 0 radical (unpaired) electrons. The van der Waals surface area contributed by atoms with Crippen LogP contribution in [0.1, 0.15) is 30.0 Å². The average molecular weight is 231 g/mol. The van der Waals surface area contributed by atoms with Crippen molar-refractivity contribution in [3.05, 3.63) is 34.9 Å². The third-order valence-corrected chi connectivity index (χ3v) is 2.70. The summed E-state index contributed by atoms with van der Waals surface area (Å²) >= 11 is 0. The fraction of sp³-hybridized carbons (Fsp3) is 0.429. The van der Waals surface area contributed by atoms with E-state index in [1.54, 1.807) is 6.92 Å². The summed E-state index contributed by atoms with van der Waals surface area (Å²) in [7, 11) is 0. The summed E-state index contributed by atoms with van der Waals surface area (Å²) in [5, 5.41) is 8.58. The number of rotatable bonds is 5. The molecular formula is C14H17NO2. The quantitative estimate of drug-likeness (QED) is 0.732. The van der Waals surface area contributed by atoms with E-state index in [1.165, 1.54) is 0 Å². The van der Waals surface area contributed by atoms with E-state index >= 15 is 0 Å². The molecule has 0 spiro atoms. The lowest BCUT2D eigenvalue weighted by Gasteiger charge is -2.09. The molecule has 0 unspecified atom stereocenters. The van der Waals surface area contributed by atoms with Crippen molar-refractivity contribution in [3.8, 4) is 6.07 Å². The molecule has 0 fully saturated rings. The minimum Gasteiger partial charge on any atom is -0.466 e. The third-order valence-electron chi connectivity index (χ3n) is 2.70. The molecule has 0 aliphatic rings. The van der Waals surface area contributed by atoms with Crippen LogP contribution in [0.4, 0.5) is 0 Å². The molecule has 0 amide bonds. The Morgan fingerprint density at radius 3 is 2.76 bits per heavy atom. The van der Waals surface area contributed by atoms with Crippen LogP contribution in [0.25, 0.3) is 0 Å². The lowest BCUT2D eigenvalue weighted by molar-refractivity contribution is -0.142. The lowest BCUT2D eigenvalue weighted by atomic mass is 9.97. The van der Waals surface area contributed by atoms with Gasteiger partial charge in [-0.3, -0.25) is 4.79 Å². The minimum atomic E-state index is -0.201. The second-order valence-corrected chi connectivity index (χ2v) is 3.84. The smallest absolute Gasteiger partial charge is 0.310 e. The van der Waals surface area contributed by atoms with E-state index in [0.717, 1.165) is 23.1 Å². The van der Waals surface area contributed by atoms with Crippen molar-refractivity contribution in [1.82, 2.24) is 0 Å². The number of ether oxygens (including phenoxy) is 1. The second kappa shape index (κ2) is 6.70. The Morgan fingerprint density at radius 2 is 2.12 bits per heavy atom. The minimum absolute atomic E-state index is 0.201. The van der Waals surface area contributed by atoms with E-state index in [2.05, 4.69) is 6.07 Å². The highest BCUT2D eigenvalue weighted by atomic mass is 16.5. The number of esters is 1. The molecule has 1 aromatic carbocycles. The Balaban J connectivity index is 2.79. The van der Waals surface area contributed by atoms with Gasteiger partial charge in [-0.15, -0.1) is 0 Å². The summed E-state index contributed by atoms with van der Waals surface area (Å²) in [5.41, 5.74) is 3.21. The Morgan fingerprint density at radius 1 is 1.41 bits per heavy atom. The molecule has 3 heteroatoms. The van der Waals surface area contributed by atoms with Gasteiger partial charge < -0.3 is 4.74 Å². The van der Waals surface area contributed by atoms with Crippen molar-refractivity contribution in [2.75, 3.05) is 6.61 Å². The standard InChI is InChI=1S/C14H17NO2/c1-3-17-14(16)10-13-7-4-6-12(11(13)2)8-5-9-15/h4,6-7H,3,5,8,10H2,1-2H3. The fourth-order valence-electron chi connectivity index (χ4n) is 1.76. The summed E-state index contributed by atoms with van der Waals surface area (Å²) in [6.45, 7) is 4.20. The Labute approximate surface area is 102 Å². The number of hydrogen-bond acceptors (Lipinski definition) is 3. The first-order valence-corrected chi connectivity index (χ1v) is 5.79. The van der Waals surface area contributed by atoms with Gasteiger partial charge in [-0.1, -0.05) is 18.2 Å². The maximum atomic E-state index is 11.4. The van der Waals surface area contributed by atoms with E-state index in [0.29, 0.717) is 19.4 Å². The van der Waals surface area contributed by atoms with Gasteiger partial charge in [-0.05, 0) is 37.0 Å². The zero-order valence-corrected chi connectivity index (χ0v) is 10.3. The van der Waals surface area contributed by atoms with E-state index < -0.39 is 0 Å². The first-order chi connectivity index (χ1) is 8.19. The normalized spacial score (nSPS) is 9.71. The predicted molar refractivity (Wildman–Crippen MR) is 65.5 cm³/mol. The zero-order valence-electron chi connectivity index (χ0n) is 10.3. The van der Waals surface area contributed by atoms with Gasteiger partial charge in [0.05, 0.1) is 19.1 Å². The lowest BCUT2D eigenvalue weighted by Crippen LogP contribution is -2.09. The van der Waals surface area contributed by atoms with Gasteiger partial charge in [0, 0.05) is 6.42 Å². The summed E-state index contributed by atoms with van der Waals surface area (Å²) in [5.74, 6) is -0.201.